The van der Waals surface area contributed by atoms with E-state index in [9.17, 15) is 14.4 Å². The highest BCUT2D eigenvalue weighted by Gasteiger charge is 2.12. The Labute approximate surface area is 165 Å². The zero-order valence-electron chi connectivity index (χ0n) is 16.1. The normalized spacial score (nSPS) is 10.5. The molecular formula is C25H22O3. The molecule has 0 aromatic heterocycles. The van der Waals surface area contributed by atoms with Gasteiger partial charge < -0.3 is 0 Å². The zero-order chi connectivity index (χ0) is 20.1. The molecule has 3 heteroatoms. The molecule has 0 unspecified atom stereocenters. The Morgan fingerprint density at radius 1 is 0.679 bits per heavy atom. The van der Waals surface area contributed by atoms with Gasteiger partial charge in [-0.15, -0.1) is 0 Å². The minimum absolute atomic E-state index is 0.0327. The predicted octanol–water partition coefficient (Wildman–Crippen LogP) is 5.11. The molecule has 0 spiro atoms. The highest BCUT2D eigenvalue weighted by Crippen LogP contribution is 2.15. The maximum atomic E-state index is 12.6. The maximum Gasteiger partial charge on any atom is 0.193 e. The first-order valence-electron chi connectivity index (χ1n) is 9.34. The number of carbonyl (C=O) groups excluding carboxylic acids is 3. The monoisotopic (exact) mass is 370 g/mol. The molecule has 0 amide bonds. The Hall–Kier alpha value is -3.33. The fourth-order valence-corrected chi connectivity index (χ4v) is 3.03. The van der Waals surface area contributed by atoms with Crippen molar-refractivity contribution in [1.29, 1.82) is 0 Å². The van der Waals surface area contributed by atoms with E-state index in [1.54, 1.807) is 48.5 Å². The van der Waals surface area contributed by atoms with Crippen LogP contribution in [0.4, 0.5) is 0 Å². The van der Waals surface area contributed by atoms with Crippen molar-refractivity contribution in [1.82, 2.24) is 0 Å². The lowest BCUT2D eigenvalue weighted by atomic mass is 9.97. The second kappa shape index (κ2) is 8.57. The number of carbonyl (C=O) groups is 3. The summed E-state index contributed by atoms with van der Waals surface area (Å²) in [6, 6.07) is 21.5. The quantitative estimate of drug-likeness (QED) is 0.543. The predicted molar refractivity (Wildman–Crippen MR) is 110 cm³/mol. The molecule has 0 atom stereocenters. The van der Waals surface area contributed by atoms with Gasteiger partial charge in [-0.25, -0.2) is 0 Å². The fraction of sp³-hybridized carbons (Fsp3) is 0.160. The molecule has 0 aliphatic heterocycles. The Morgan fingerprint density at radius 3 is 1.75 bits per heavy atom. The van der Waals surface area contributed by atoms with E-state index in [1.165, 1.54) is 12.5 Å². The van der Waals surface area contributed by atoms with Crippen molar-refractivity contribution in [3.63, 3.8) is 0 Å². The third kappa shape index (κ3) is 4.49. The van der Waals surface area contributed by atoms with E-state index in [-0.39, 0.29) is 23.8 Å². The molecule has 0 saturated carbocycles. The van der Waals surface area contributed by atoms with Crippen LogP contribution in [0.3, 0.4) is 0 Å². The Balaban J connectivity index is 1.71. The lowest BCUT2D eigenvalue weighted by Gasteiger charge is -2.06. The van der Waals surface area contributed by atoms with E-state index >= 15 is 0 Å². The van der Waals surface area contributed by atoms with Gasteiger partial charge in [0.1, 0.15) is 0 Å². The van der Waals surface area contributed by atoms with E-state index < -0.39 is 0 Å². The minimum Gasteiger partial charge on any atom is -0.295 e. The van der Waals surface area contributed by atoms with Crippen LogP contribution < -0.4 is 0 Å². The lowest BCUT2D eigenvalue weighted by molar-refractivity contribution is 0.0992. The maximum absolute atomic E-state index is 12.6. The third-order valence-corrected chi connectivity index (χ3v) is 4.80. The van der Waals surface area contributed by atoms with Crippen LogP contribution in [0, 0.1) is 0 Å². The Kier molecular flexibility index (Phi) is 5.95. The van der Waals surface area contributed by atoms with Crippen molar-refractivity contribution in [2.24, 2.45) is 0 Å². The summed E-state index contributed by atoms with van der Waals surface area (Å²) in [7, 11) is 0. The van der Waals surface area contributed by atoms with Gasteiger partial charge in [0.25, 0.3) is 0 Å². The smallest absolute Gasteiger partial charge is 0.193 e. The van der Waals surface area contributed by atoms with Gasteiger partial charge in [0.15, 0.2) is 17.3 Å². The number of aryl methyl sites for hydroxylation is 1. The first kappa shape index (κ1) is 19.4. The number of hydrogen-bond donors (Lipinski definition) is 0. The van der Waals surface area contributed by atoms with Crippen LogP contribution >= 0.6 is 0 Å². The van der Waals surface area contributed by atoms with Crippen LogP contribution in [0.2, 0.25) is 0 Å². The van der Waals surface area contributed by atoms with Crippen LogP contribution in [0.5, 0.6) is 0 Å². The van der Waals surface area contributed by atoms with Gasteiger partial charge >= 0.3 is 0 Å². The molecule has 3 rings (SSSR count). The molecule has 0 aliphatic rings. The van der Waals surface area contributed by atoms with Gasteiger partial charge in [-0.1, -0.05) is 73.7 Å². The highest BCUT2D eigenvalue weighted by atomic mass is 16.1. The second-order valence-electron chi connectivity index (χ2n) is 6.81. The van der Waals surface area contributed by atoms with Gasteiger partial charge in [0.05, 0.1) is 0 Å². The standard InChI is InChI=1S/C25H22O3/c1-3-18-7-11-20(12-8-18)25(28)21-13-9-19(10-14-21)15-24(27)23-6-4-5-22(16-23)17(2)26/h4-14,16H,3,15H2,1-2H3. The summed E-state index contributed by atoms with van der Waals surface area (Å²) in [6.45, 7) is 3.56. The summed E-state index contributed by atoms with van der Waals surface area (Å²) in [6.07, 6.45) is 1.16. The van der Waals surface area contributed by atoms with E-state index in [2.05, 4.69) is 6.92 Å². The first-order valence-corrected chi connectivity index (χ1v) is 9.34. The number of benzene rings is 3. The third-order valence-electron chi connectivity index (χ3n) is 4.80. The van der Waals surface area contributed by atoms with E-state index in [4.69, 9.17) is 0 Å². The van der Waals surface area contributed by atoms with Gasteiger partial charge in [-0.3, -0.25) is 14.4 Å². The van der Waals surface area contributed by atoms with Crippen LogP contribution in [0.1, 0.15) is 61.6 Å². The molecule has 0 saturated heterocycles. The summed E-state index contributed by atoms with van der Waals surface area (Å²) in [5.74, 6) is -0.156. The number of hydrogen-bond acceptors (Lipinski definition) is 3. The van der Waals surface area contributed by atoms with Gasteiger partial charge in [0.2, 0.25) is 0 Å². The molecule has 0 N–H and O–H groups in total. The SMILES string of the molecule is CCc1ccc(C(=O)c2ccc(CC(=O)c3cccc(C(C)=O)c3)cc2)cc1. The minimum atomic E-state index is -0.0653. The number of rotatable bonds is 7. The van der Waals surface area contributed by atoms with Crippen molar-refractivity contribution in [2.45, 2.75) is 26.7 Å². The first-order chi connectivity index (χ1) is 13.5. The largest absolute Gasteiger partial charge is 0.295 e. The molecular weight excluding hydrogens is 348 g/mol. The molecule has 0 heterocycles. The molecule has 0 bridgehead atoms. The molecule has 28 heavy (non-hydrogen) atoms. The Morgan fingerprint density at radius 2 is 1.21 bits per heavy atom. The second-order valence-corrected chi connectivity index (χ2v) is 6.81. The van der Waals surface area contributed by atoms with Crippen LogP contribution in [0.15, 0.2) is 72.8 Å². The summed E-state index contributed by atoms with van der Waals surface area (Å²) in [5, 5.41) is 0. The van der Waals surface area contributed by atoms with Crippen molar-refractivity contribution < 1.29 is 14.4 Å². The topological polar surface area (TPSA) is 51.2 Å². The molecule has 140 valence electrons. The average Bonchev–Trinajstić information content (AvgIpc) is 2.74. The van der Waals surface area contributed by atoms with E-state index in [1.807, 2.05) is 24.3 Å². The molecule has 3 nitrogen and oxygen atoms in total. The number of ketones is 3. The molecule has 3 aromatic carbocycles. The van der Waals surface area contributed by atoms with Crippen LogP contribution in [-0.2, 0) is 12.8 Å². The van der Waals surface area contributed by atoms with E-state index in [0.29, 0.717) is 22.3 Å². The molecule has 0 fully saturated rings. The van der Waals surface area contributed by atoms with Crippen LogP contribution in [-0.4, -0.2) is 17.3 Å². The molecule has 0 radical (unpaired) electrons. The van der Waals surface area contributed by atoms with Gasteiger partial charge in [0, 0.05) is 28.7 Å². The van der Waals surface area contributed by atoms with Crippen molar-refractivity contribution in [2.75, 3.05) is 0 Å². The van der Waals surface area contributed by atoms with Gasteiger partial charge in [-0.2, -0.15) is 0 Å². The molecule has 3 aromatic rings. The van der Waals surface area contributed by atoms with Crippen molar-refractivity contribution >= 4 is 17.3 Å². The van der Waals surface area contributed by atoms with Crippen molar-refractivity contribution in [3.8, 4) is 0 Å². The fourth-order valence-electron chi connectivity index (χ4n) is 3.03. The molecule has 0 aliphatic carbocycles. The summed E-state index contributed by atoms with van der Waals surface area (Å²) >= 11 is 0. The Bertz CT molecular complexity index is 1010. The van der Waals surface area contributed by atoms with Gasteiger partial charge in [-0.05, 0) is 30.5 Å². The highest BCUT2D eigenvalue weighted by molar-refractivity contribution is 6.09. The average molecular weight is 370 g/mol. The van der Waals surface area contributed by atoms with Crippen LogP contribution in [0.25, 0.3) is 0 Å². The summed E-state index contributed by atoms with van der Waals surface area (Å²) < 4.78 is 0. The number of Topliss-reactive ketones (excluding diaryl/α,β-unsaturated/α-hetero) is 2. The lowest BCUT2D eigenvalue weighted by Crippen LogP contribution is -2.06. The summed E-state index contributed by atoms with van der Waals surface area (Å²) in [4.78, 5) is 36.6. The van der Waals surface area contributed by atoms with E-state index in [0.717, 1.165) is 12.0 Å². The van der Waals surface area contributed by atoms with Crippen molar-refractivity contribution in [3.05, 3.63) is 106 Å². The zero-order valence-corrected chi connectivity index (χ0v) is 16.1. The summed E-state index contributed by atoms with van der Waals surface area (Å²) in [5.41, 5.74) is 4.32.